The van der Waals surface area contributed by atoms with Crippen molar-refractivity contribution in [1.82, 2.24) is 19.0 Å². The van der Waals surface area contributed by atoms with Crippen LogP contribution in [-0.4, -0.2) is 31.6 Å². The smallest absolute Gasteiger partial charge is 0.315 e. The number of nitrogens with one attached hydrogen (secondary N) is 1. The van der Waals surface area contributed by atoms with Crippen LogP contribution >= 0.6 is 11.3 Å². The van der Waals surface area contributed by atoms with Crippen molar-refractivity contribution in [3.63, 3.8) is 0 Å². The number of rotatable bonds is 2. The zero-order valence-electron chi connectivity index (χ0n) is 15.0. The quantitative estimate of drug-likeness (QED) is 0.753. The second-order valence-corrected chi connectivity index (χ2v) is 7.63. The van der Waals surface area contributed by atoms with E-state index in [0.29, 0.717) is 0 Å². The van der Waals surface area contributed by atoms with Gasteiger partial charge in [-0.05, 0) is 37.5 Å². The van der Waals surface area contributed by atoms with E-state index in [9.17, 15) is 9.59 Å². The van der Waals surface area contributed by atoms with Gasteiger partial charge in [0, 0.05) is 37.9 Å². The van der Waals surface area contributed by atoms with Gasteiger partial charge in [-0.25, -0.2) is 14.6 Å². The lowest BCUT2D eigenvalue weighted by atomic mass is 10.1. The highest BCUT2D eigenvalue weighted by Gasteiger charge is 2.31. The van der Waals surface area contributed by atoms with E-state index >= 15 is 0 Å². The summed E-state index contributed by atoms with van der Waals surface area (Å²) in [5, 5.41) is 5.96. The molecular formula is C18H21N5O2S. The predicted molar refractivity (Wildman–Crippen MR) is 103 cm³/mol. The van der Waals surface area contributed by atoms with E-state index in [4.69, 9.17) is 0 Å². The molecule has 1 aliphatic heterocycles. The molecule has 0 bridgehead atoms. The zero-order chi connectivity index (χ0) is 18.4. The van der Waals surface area contributed by atoms with E-state index in [2.05, 4.69) is 10.3 Å². The molecule has 3 aromatic rings. The average Bonchev–Trinajstić information content (AvgIpc) is 3.34. The molecule has 4 rings (SSSR count). The van der Waals surface area contributed by atoms with Crippen LogP contribution in [0.25, 0.3) is 11.0 Å². The molecule has 1 N–H and O–H groups in total. The van der Waals surface area contributed by atoms with Crippen LogP contribution in [0.3, 0.4) is 0 Å². The Morgan fingerprint density at radius 1 is 1.27 bits per heavy atom. The summed E-state index contributed by atoms with van der Waals surface area (Å²) in [6.07, 6.45) is 3.69. The number of carbonyl (C=O) groups excluding carboxylic acids is 1. The highest BCUT2D eigenvalue weighted by molar-refractivity contribution is 7.09. The predicted octanol–water partition coefficient (Wildman–Crippen LogP) is 3.01. The highest BCUT2D eigenvalue weighted by Crippen LogP contribution is 2.33. The molecule has 1 atom stereocenters. The number of aryl methyl sites for hydroxylation is 3. The number of amides is 2. The van der Waals surface area contributed by atoms with Gasteiger partial charge in [-0.3, -0.25) is 9.13 Å². The molecule has 1 fully saturated rings. The van der Waals surface area contributed by atoms with Crippen LogP contribution < -0.4 is 11.0 Å². The van der Waals surface area contributed by atoms with Crippen LogP contribution in [0.1, 0.15) is 29.5 Å². The Morgan fingerprint density at radius 3 is 2.69 bits per heavy atom. The molecule has 3 heterocycles. The molecule has 1 aromatic carbocycles. The third kappa shape index (κ3) is 2.61. The lowest BCUT2D eigenvalue weighted by Crippen LogP contribution is -2.34. The summed E-state index contributed by atoms with van der Waals surface area (Å²) in [6.45, 7) is 2.66. The highest BCUT2D eigenvalue weighted by atomic mass is 32.1. The number of fused-ring (bicyclic) bond motifs is 1. The third-order valence-corrected chi connectivity index (χ3v) is 5.99. The molecule has 26 heavy (non-hydrogen) atoms. The molecule has 0 unspecified atom stereocenters. The summed E-state index contributed by atoms with van der Waals surface area (Å²) in [4.78, 5) is 31.3. The maximum Gasteiger partial charge on any atom is 0.328 e. The molecular weight excluding hydrogens is 350 g/mol. The summed E-state index contributed by atoms with van der Waals surface area (Å²) < 4.78 is 3.21. The lowest BCUT2D eigenvalue weighted by molar-refractivity contribution is 0.207. The van der Waals surface area contributed by atoms with E-state index in [0.717, 1.165) is 46.7 Å². The van der Waals surface area contributed by atoms with Gasteiger partial charge in [-0.1, -0.05) is 0 Å². The van der Waals surface area contributed by atoms with Gasteiger partial charge in [-0.2, -0.15) is 0 Å². The number of carbonyl (C=O) groups is 1. The van der Waals surface area contributed by atoms with Crippen molar-refractivity contribution in [3.05, 3.63) is 44.8 Å². The van der Waals surface area contributed by atoms with Crippen LogP contribution in [0.4, 0.5) is 10.5 Å². The van der Waals surface area contributed by atoms with E-state index in [1.54, 1.807) is 40.8 Å². The molecule has 1 aliphatic rings. The van der Waals surface area contributed by atoms with Crippen LogP contribution in [-0.2, 0) is 14.1 Å². The number of benzene rings is 1. The number of imidazole rings is 1. The van der Waals surface area contributed by atoms with Crippen LogP contribution in [0.5, 0.6) is 0 Å². The summed E-state index contributed by atoms with van der Waals surface area (Å²) in [6, 6.07) is 3.73. The van der Waals surface area contributed by atoms with Crippen molar-refractivity contribution < 1.29 is 4.79 Å². The molecule has 1 saturated heterocycles. The molecule has 136 valence electrons. The third-order valence-electron chi connectivity index (χ3n) is 5.11. The fourth-order valence-electron chi connectivity index (χ4n) is 3.64. The number of nitrogens with zero attached hydrogens (tertiary/aromatic N) is 4. The van der Waals surface area contributed by atoms with Gasteiger partial charge in [-0.15, -0.1) is 11.3 Å². The molecule has 2 aromatic heterocycles. The molecule has 0 saturated carbocycles. The Labute approximate surface area is 154 Å². The van der Waals surface area contributed by atoms with Crippen molar-refractivity contribution in [3.8, 4) is 0 Å². The Hall–Kier alpha value is -2.61. The number of hydrogen-bond acceptors (Lipinski definition) is 4. The number of thiazole rings is 1. The zero-order valence-corrected chi connectivity index (χ0v) is 15.8. The number of anilines is 1. The molecule has 2 amide bonds. The minimum Gasteiger partial charge on any atom is -0.315 e. The van der Waals surface area contributed by atoms with E-state index in [1.165, 1.54) is 0 Å². The lowest BCUT2D eigenvalue weighted by Gasteiger charge is -2.24. The summed E-state index contributed by atoms with van der Waals surface area (Å²) in [5.74, 6) is 0. The van der Waals surface area contributed by atoms with E-state index in [-0.39, 0.29) is 17.8 Å². The van der Waals surface area contributed by atoms with Crippen LogP contribution in [0, 0.1) is 6.92 Å². The Morgan fingerprint density at radius 2 is 2.00 bits per heavy atom. The van der Waals surface area contributed by atoms with Gasteiger partial charge in [0.1, 0.15) is 5.01 Å². The van der Waals surface area contributed by atoms with Gasteiger partial charge in [0.15, 0.2) is 0 Å². The minimum atomic E-state index is -0.119. The van der Waals surface area contributed by atoms with Crippen LogP contribution in [0.2, 0.25) is 0 Å². The maximum absolute atomic E-state index is 12.9. The van der Waals surface area contributed by atoms with Crippen molar-refractivity contribution in [2.24, 2.45) is 14.1 Å². The first kappa shape index (κ1) is 16.8. The topological polar surface area (TPSA) is 72.2 Å². The summed E-state index contributed by atoms with van der Waals surface area (Å²) in [7, 11) is 3.50. The van der Waals surface area contributed by atoms with Gasteiger partial charge < -0.3 is 10.2 Å². The first-order valence-electron chi connectivity index (χ1n) is 8.60. The van der Waals surface area contributed by atoms with Crippen LogP contribution in [0.15, 0.2) is 28.5 Å². The number of likely N-dealkylation sites (tertiary alicyclic amines) is 1. The second kappa shape index (κ2) is 6.28. The largest absolute Gasteiger partial charge is 0.328 e. The van der Waals surface area contributed by atoms with Crippen molar-refractivity contribution in [1.29, 1.82) is 0 Å². The summed E-state index contributed by atoms with van der Waals surface area (Å²) >= 11 is 1.59. The second-order valence-electron chi connectivity index (χ2n) is 6.71. The van der Waals surface area contributed by atoms with Gasteiger partial charge in [0.25, 0.3) is 0 Å². The van der Waals surface area contributed by atoms with Gasteiger partial charge in [0.05, 0.1) is 17.1 Å². The summed E-state index contributed by atoms with van der Waals surface area (Å²) in [5.41, 5.74) is 3.24. The molecule has 0 radical (unpaired) electrons. The number of aromatic nitrogens is 3. The van der Waals surface area contributed by atoms with E-state index < -0.39 is 0 Å². The Balaban J connectivity index is 1.64. The first-order chi connectivity index (χ1) is 12.5. The van der Waals surface area contributed by atoms with Crippen molar-refractivity contribution in [2.45, 2.75) is 25.8 Å². The fraction of sp³-hybridized carbons (Fsp3) is 0.389. The SMILES string of the molecule is Cc1cc2c(cc1NC(=O)N1CCC[C@H]1c1nccs1)n(C)c(=O)n2C. The van der Waals surface area contributed by atoms with Gasteiger partial charge >= 0.3 is 11.7 Å². The maximum atomic E-state index is 12.9. The van der Waals surface area contributed by atoms with Crippen molar-refractivity contribution >= 4 is 34.1 Å². The Bertz CT molecular complexity index is 1030. The molecule has 7 nitrogen and oxygen atoms in total. The number of urea groups is 1. The fourth-order valence-corrected chi connectivity index (χ4v) is 4.42. The Kier molecular flexibility index (Phi) is 4.07. The number of hydrogen-bond donors (Lipinski definition) is 1. The molecule has 0 spiro atoms. The van der Waals surface area contributed by atoms with Gasteiger partial charge in [0.2, 0.25) is 0 Å². The normalized spacial score (nSPS) is 17.2. The molecule has 0 aliphatic carbocycles. The monoisotopic (exact) mass is 371 g/mol. The van der Waals surface area contributed by atoms with Crippen molar-refractivity contribution in [2.75, 3.05) is 11.9 Å². The average molecular weight is 371 g/mol. The standard InChI is InChI=1S/C18H21N5O2S/c1-11-9-14-15(22(3)18(25)21(14)2)10-12(11)20-17(24)23-7-4-5-13(23)16-19-6-8-26-16/h6,8-10,13H,4-5,7H2,1-3H3,(H,20,24)/t13-/m0/s1. The van der Waals surface area contributed by atoms with E-state index in [1.807, 2.05) is 29.3 Å². The first-order valence-corrected chi connectivity index (χ1v) is 9.48. The molecule has 8 heteroatoms. The minimum absolute atomic E-state index is 0.0418.